The van der Waals surface area contributed by atoms with Crippen molar-refractivity contribution >= 4 is 48.5 Å². The quantitative estimate of drug-likeness (QED) is 0.266. The summed E-state index contributed by atoms with van der Waals surface area (Å²) in [4.78, 5) is 4.62. The third-order valence-corrected chi connectivity index (χ3v) is 6.20. The fraction of sp³-hybridized carbons (Fsp3) is 0. The molecule has 0 radical (unpaired) electrons. The molecule has 6 aromatic rings. The third kappa shape index (κ3) is 2.33. The Balaban J connectivity index is 1.81. The van der Waals surface area contributed by atoms with E-state index >= 15 is 0 Å². The lowest BCUT2D eigenvalue weighted by molar-refractivity contribution is 1.18. The molecule has 30 heavy (non-hydrogen) atoms. The van der Waals surface area contributed by atoms with Crippen LogP contribution in [0.5, 0.6) is 0 Å². The lowest BCUT2D eigenvalue weighted by atomic mass is 9.95. The fourth-order valence-electron chi connectivity index (χ4n) is 4.47. The van der Waals surface area contributed by atoms with E-state index in [2.05, 4.69) is 86.1 Å². The first kappa shape index (κ1) is 17.2. The summed E-state index contributed by atoms with van der Waals surface area (Å²) in [7, 11) is 0. The van der Waals surface area contributed by atoms with E-state index in [1.807, 2.05) is 30.5 Å². The van der Waals surface area contributed by atoms with Gasteiger partial charge in [0.05, 0.1) is 28.4 Å². The van der Waals surface area contributed by atoms with E-state index in [9.17, 15) is 5.26 Å². The summed E-state index contributed by atoms with van der Waals surface area (Å²) in [5, 5.41) is 14.1. The number of hydrogen-bond acceptors (Lipinski definition) is 2. The molecule has 0 saturated heterocycles. The first-order chi connectivity index (χ1) is 14.8. The van der Waals surface area contributed by atoms with Gasteiger partial charge in [-0.1, -0.05) is 36.4 Å². The molecule has 0 fully saturated rings. The van der Waals surface area contributed by atoms with Gasteiger partial charge in [-0.2, -0.15) is 5.26 Å². The molecule has 3 nitrogen and oxygen atoms in total. The number of benzene rings is 4. The van der Waals surface area contributed by atoms with Crippen molar-refractivity contribution in [3.63, 3.8) is 0 Å². The predicted octanol–water partition coefficient (Wildman–Crippen LogP) is 7.07. The van der Waals surface area contributed by atoms with Gasteiger partial charge in [0.1, 0.15) is 0 Å². The summed E-state index contributed by atoms with van der Waals surface area (Å²) in [5.41, 5.74) is 6.07. The van der Waals surface area contributed by atoms with E-state index in [0.29, 0.717) is 5.56 Å². The number of para-hydroxylation sites is 1. The van der Waals surface area contributed by atoms with Crippen LogP contribution >= 0.6 is 15.9 Å². The van der Waals surface area contributed by atoms with Crippen molar-refractivity contribution in [1.82, 2.24) is 9.55 Å². The monoisotopic (exact) mass is 447 g/mol. The molecule has 2 aromatic heterocycles. The van der Waals surface area contributed by atoms with Crippen LogP contribution in [0.4, 0.5) is 0 Å². The Bertz CT molecular complexity index is 1590. The molecule has 4 aromatic carbocycles. The number of hydrogen-bond donors (Lipinski definition) is 0. The van der Waals surface area contributed by atoms with Gasteiger partial charge in [-0.25, -0.2) is 0 Å². The van der Waals surface area contributed by atoms with Gasteiger partial charge in [-0.15, -0.1) is 0 Å². The van der Waals surface area contributed by atoms with Gasteiger partial charge in [0, 0.05) is 38.1 Å². The Morgan fingerprint density at radius 2 is 1.50 bits per heavy atom. The average Bonchev–Trinajstić information content (AvgIpc) is 3.14. The van der Waals surface area contributed by atoms with Crippen LogP contribution in [-0.2, 0) is 0 Å². The molecular weight excluding hydrogens is 434 g/mol. The molecule has 6 rings (SSSR count). The van der Waals surface area contributed by atoms with Gasteiger partial charge < -0.3 is 4.57 Å². The largest absolute Gasteiger partial charge is 0.309 e. The van der Waals surface area contributed by atoms with Crippen molar-refractivity contribution < 1.29 is 0 Å². The highest BCUT2D eigenvalue weighted by atomic mass is 79.9. The van der Waals surface area contributed by atoms with E-state index in [4.69, 9.17) is 0 Å². The van der Waals surface area contributed by atoms with Crippen LogP contribution in [0.2, 0.25) is 0 Å². The van der Waals surface area contributed by atoms with Crippen LogP contribution in [0.3, 0.4) is 0 Å². The van der Waals surface area contributed by atoms with Gasteiger partial charge in [0.15, 0.2) is 0 Å². The minimum absolute atomic E-state index is 0.698. The molecule has 0 unspecified atom stereocenters. The van der Waals surface area contributed by atoms with Crippen LogP contribution in [0, 0.1) is 11.3 Å². The molecule has 2 heterocycles. The van der Waals surface area contributed by atoms with Crippen molar-refractivity contribution in [2.24, 2.45) is 0 Å². The van der Waals surface area contributed by atoms with E-state index in [-0.39, 0.29) is 0 Å². The van der Waals surface area contributed by atoms with E-state index in [1.54, 1.807) is 0 Å². The first-order valence-electron chi connectivity index (χ1n) is 9.66. The summed E-state index contributed by atoms with van der Waals surface area (Å²) < 4.78 is 3.24. The van der Waals surface area contributed by atoms with Crippen LogP contribution in [0.1, 0.15) is 5.56 Å². The smallest absolute Gasteiger partial charge is 0.0998 e. The fourth-order valence-corrected chi connectivity index (χ4v) is 4.70. The van der Waals surface area contributed by atoms with Crippen LogP contribution < -0.4 is 0 Å². The summed E-state index contributed by atoms with van der Waals surface area (Å²) in [5.74, 6) is 0. The van der Waals surface area contributed by atoms with Gasteiger partial charge in [-0.05, 0) is 63.8 Å². The van der Waals surface area contributed by atoms with Crippen molar-refractivity contribution in [3.8, 4) is 23.0 Å². The molecular formula is C26H14BrN3. The Labute approximate surface area is 181 Å². The lowest BCUT2D eigenvalue weighted by Crippen LogP contribution is -1.93. The minimum Gasteiger partial charge on any atom is -0.309 e. The summed E-state index contributed by atoms with van der Waals surface area (Å²) in [6.45, 7) is 0. The van der Waals surface area contributed by atoms with Gasteiger partial charge in [0.25, 0.3) is 0 Å². The van der Waals surface area contributed by atoms with Gasteiger partial charge >= 0.3 is 0 Å². The van der Waals surface area contributed by atoms with E-state index in [1.165, 1.54) is 5.39 Å². The summed E-state index contributed by atoms with van der Waals surface area (Å²) >= 11 is 3.47. The maximum absolute atomic E-state index is 9.68. The molecule has 0 amide bonds. The maximum atomic E-state index is 9.68. The Kier molecular flexibility index (Phi) is 3.68. The number of nitrogens with zero attached hydrogens (tertiary/aromatic N) is 3. The second-order valence-corrected chi connectivity index (χ2v) is 8.24. The Hall–Kier alpha value is -3.68. The zero-order chi connectivity index (χ0) is 20.2. The highest BCUT2D eigenvalue weighted by Crippen LogP contribution is 2.42. The molecule has 0 bridgehead atoms. The van der Waals surface area contributed by atoms with Crippen molar-refractivity contribution in [1.29, 1.82) is 5.26 Å². The van der Waals surface area contributed by atoms with E-state index < -0.39 is 0 Å². The summed E-state index contributed by atoms with van der Waals surface area (Å²) in [6.07, 6.45) is 1.82. The zero-order valence-electron chi connectivity index (χ0n) is 15.8. The number of aromatic nitrogens is 2. The Morgan fingerprint density at radius 1 is 0.767 bits per heavy atom. The first-order valence-corrected chi connectivity index (χ1v) is 10.5. The normalized spacial score (nSPS) is 11.5. The Morgan fingerprint density at radius 3 is 2.23 bits per heavy atom. The third-order valence-electron chi connectivity index (χ3n) is 5.73. The highest BCUT2D eigenvalue weighted by Gasteiger charge is 2.20. The van der Waals surface area contributed by atoms with E-state index in [0.717, 1.165) is 48.6 Å². The lowest BCUT2D eigenvalue weighted by Gasteiger charge is -2.09. The number of nitriles is 1. The summed E-state index contributed by atoms with van der Waals surface area (Å²) in [6, 6.07) is 29.2. The topological polar surface area (TPSA) is 41.6 Å². The molecule has 0 aliphatic heterocycles. The van der Waals surface area contributed by atoms with Crippen molar-refractivity contribution in [2.75, 3.05) is 0 Å². The van der Waals surface area contributed by atoms with Crippen molar-refractivity contribution in [2.45, 2.75) is 0 Å². The number of pyridine rings is 1. The van der Waals surface area contributed by atoms with Crippen molar-refractivity contribution in [3.05, 3.63) is 95.1 Å². The van der Waals surface area contributed by atoms with Crippen LogP contribution in [0.15, 0.2) is 89.5 Å². The van der Waals surface area contributed by atoms with Gasteiger partial charge in [0.2, 0.25) is 0 Å². The SMILES string of the molecule is N#Cc1ccc2c3c1ccc1c(-c4ccc(Br)cn4)ccc(c13)n2-c1ccccc1. The molecule has 0 saturated carbocycles. The molecule has 0 aliphatic carbocycles. The number of rotatable bonds is 2. The minimum atomic E-state index is 0.698. The second-order valence-electron chi connectivity index (χ2n) is 7.32. The van der Waals surface area contributed by atoms with Crippen LogP contribution in [-0.4, -0.2) is 9.55 Å². The zero-order valence-corrected chi connectivity index (χ0v) is 17.4. The van der Waals surface area contributed by atoms with Gasteiger partial charge in [-0.3, -0.25) is 4.98 Å². The average molecular weight is 448 g/mol. The molecule has 4 heteroatoms. The highest BCUT2D eigenvalue weighted by molar-refractivity contribution is 9.10. The molecule has 0 N–H and O–H groups in total. The predicted molar refractivity (Wildman–Crippen MR) is 125 cm³/mol. The van der Waals surface area contributed by atoms with Crippen LogP contribution in [0.25, 0.3) is 49.5 Å². The maximum Gasteiger partial charge on any atom is 0.0998 e. The molecule has 140 valence electrons. The second kappa shape index (κ2) is 6.41. The molecule has 0 atom stereocenters. The number of halogens is 1. The standard InChI is InChI=1S/C26H14BrN3/c27-17-7-11-22(29-15-17)20-10-13-24-26-21(20)9-8-19-16(14-28)6-12-23(25(19)26)30(24)18-4-2-1-3-5-18/h1-13,15H. The molecule has 0 aliphatic rings. The molecule has 0 spiro atoms.